The third-order valence-electron chi connectivity index (χ3n) is 4.25. The van der Waals surface area contributed by atoms with Crippen molar-refractivity contribution >= 4 is 5.91 Å². The first-order valence-electron chi connectivity index (χ1n) is 8.16. The predicted octanol–water partition coefficient (Wildman–Crippen LogP) is 2.15. The molecule has 1 aliphatic rings. The minimum Gasteiger partial charge on any atom is -0.496 e. The maximum absolute atomic E-state index is 12.4. The summed E-state index contributed by atoms with van der Waals surface area (Å²) in [7, 11) is 1.62. The second-order valence-corrected chi connectivity index (χ2v) is 5.87. The first-order valence-corrected chi connectivity index (χ1v) is 8.16. The van der Waals surface area contributed by atoms with Crippen LogP contribution >= 0.6 is 0 Å². The lowest BCUT2D eigenvalue weighted by atomic mass is 10.1. The van der Waals surface area contributed by atoms with Gasteiger partial charge in [0.1, 0.15) is 11.6 Å². The number of para-hydroxylation sites is 1. The van der Waals surface area contributed by atoms with E-state index in [2.05, 4.69) is 20.6 Å². The van der Waals surface area contributed by atoms with Crippen molar-refractivity contribution in [2.24, 2.45) is 0 Å². The summed E-state index contributed by atoms with van der Waals surface area (Å²) in [6.45, 7) is 3.24. The molecule has 1 unspecified atom stereocenters. The minimum atomic E-state index is -0.177. The van der Waals surface area contributed by atoms with Crippen LogP contribution in [0, 0.1) is 6.92 Å². The predicted molar refractivity (Wildman–Crippen MR) is 90.9 cm³/mol. The van der Waals surface area contributed by atoms with Gasteiger partial charge in [-0.15, -0.1) is 0 Å². The van der Waals surface area contributed by atoms with Crippen molar-refractivity contribution in [3.8, 4) is 5.75 Å². The normalized spacial score (nSPS) is 16.8. The quantitative estimate of drug-likeness (QED) is 0.880. The van der Waals surface area contributed by atoms with E-state index in [1.807, 2.05) is 31.2 Å². The highest BCUT2D eigenvalue weighted by atomic mass is 16.5. The number of nitrogens with zero attached hydrogens (tertiary/aromatic N) is 2. The summed E-state index contributed by atoms with van der Waals surface area (Å²) in [5.41, 5.74) is 2.14. The van der Waals surface area contributed by atoms with Gasteiger partial charge in [0.05, 0.1) is 24.4 Å². The molecular weight excluding hydrogens is 304 g/mol. The molecule has 1 atom stereocenters. The molecule has 0 bridgehead atoms. The summed E-state index contributed by atoms with van der Waals surface area (Å²) in [6, 6.07) is 7.82. The highest BCUT2D eigenvalue weighted by Crippen LogP contribution is 2.20. The summed E-state index contributed by atoms with van der Waals surface area (Å²) >= 11 is 0. The van der Waals surface area contributed by atoms with Gasteiger partial charge in [0, 0.05) is 18.3 Å². The van der Waals surface area contributed by atoms with E-state index in [-0.39, 0.29) is 11.9 Å². The molecule has 2 heterocycles. The molecule has 1 fully saturated rings. The van der Waals surface area contributed by atoms with Crippen LogP contribution in [-0.2, 0) is 6.54 Å². The molecular formula is C18H22N4O2. The number of nitrogens with one attached hydrogen (secondary N) is 2. The average Bonchev–Trinajstić information content (AvgIpc) is 3.14. The molecule has 6 nitrogen and oxygen atoms in total. The smallest absolute Gasteiger partial charge is 0.254 e. The highest BCUT2D eigenvalue weighted by molar-refractivity contribution is 5.94. The van der Waals surface area contributed by atoms with Crippen LogP contribution in [0.2, 0.25) is 0 Å². The number of methoxy groups -OCH3 is 1. The number of carbonyl (C=O) groups is 1. The minimum absolute atomic E-state index is 0.177. The molecule has 0 spiro atoms. The molecule has 1 aromatic heterocycles. The first-order chi connectivity index (χ1) is 11.7. The number of ether oxygens (including phenoxy) is 1. The van der Waals surface area contributed by atoms with Crippen molar-refractivity contribution in [2.45, 2.75) is 32.4 Å². The molecule has 1 amide bonds. The lowest BCUT2D eigenvalue weighted by molar-refractivity contribution is 0.0949. The van der Waals surface area contributed by atoms with Gasteiger partial charge in [-0.2, -0.15) is 0 Å². The van der Waals surface area contributed by atoms with E-state index in [1.54, 1.807) is 13.3 Å². The average molecular weight is 326 g/mol. The number of hydrogen-bond acceptors (Lipinski definition) is 5. The van der Waals surface area contributed by atoms with Crippen molar-refractivity contribution < 1.29 is 9.53 Å². The molecule has 1 saturated heterocycles. The van der Waals surface area contributed by atoms with E-state index < -0.39 is 0 Å². The van der Waals surface area contributed by atoms with Gasteiger partial charge in [0.2, 0.25) is 0 Å². The Hall–Kier alpha value is -2.47. The van der Waals surface area contributed by atoms with Gasteiger partial charge in [-0.05, 0) is 32.4 Å². The Kier molecular flexibility index (Phi) is 5.05. The highest BCUT2D eigenvalue weighted by Gasteiger charge is 2.20. The zero-order chi connectivity index (χ0) is 16.9. The summed E-state index contributed by atoms with van der Waals surface area (Å²) in [6.07, 6.45) is 3.79. The van der Waals surface area contributed by atoms with Crippen LogP contribution in [0.4, 0.5) is 0 Å². The molecule has 126 valence electrons. The molecule has 0 radical (unpaired) electrons. The first kappa shape index (κ1) is 16.4. The summed E-state index contributed by atoms with van der Waals surface area (Å²) in [5, 5.41) is 6.27. The number of hydrogen-bond donors (Lipinski definition) is 2. The van der Waals surface area contributed by atoms with Crippen molar-refractivity contribution in [2.75, 3.05) is 13.7 Å². The van der Waals surface area contributed by atoms with Gasteiger partial charge in [0.15, 0.2) is 0 Å². The van der Waals surface area contributed by atoms with Crippen molar-refractivity contribution in [3.63, 3.8) is 0 Å². The fourth-order valence-corrected chi connectivity index (χ4v) is 2.90. The molecule has 1 aliphatic heterocycles. The molecule has 0 saturated carbocycles. The zero-order valence-electron chi connectivity index (χ0n) is 14.0. The molecule has 6 heteroatoms. The van der Waals surface area contributed by atoms with Crippen LogP contribution in [0.3, 0.4) is 0 Å². The number of benzene rings is 1. The summed E-state index contributed by atoms with van der Waals surface area (Å²) in [4.78, 5) is 21.3. The zero-order valence-corrected chi connectivity index (χ0v) is 14.0. The van der Waals surface area contributed by atoms with Crippen LogP contribution in [-0.4, -0.2) is 29.5 Å². The van der Waals surface area contributed by atoms with Crippen molar-refractivity contribution in [3.05, 3.63) is 53.1 Å². The van der Waals surface area contributed by atoms with Crippen LogP contribution in [0.15, 0.2) is 30.5 Å². The van der Waals surface area contributed by atoms with E-state index in [0.717, 1.165) is 36.5 Å². The second-order valence-electron chi connectivity index (χ2n) is 5.87. The summed E-state index contributed by atoms with van der Waals surface area (Å²) < 4.78 is 5.30. The van der Waals surface area contributed by atoms with E-state index in [0.29, 0.717) is 17.8 Å². The Labute approximate surface area is 141 Å². The van der Waals surface area contributed by atoms with E-state index in [4.69, 9.17) is 4.74 Å². The number of carbonyl (C=O) groups excluding carboxylic acids is 1. The fourth-order valence-electron chi connectivity index (χ4n) is 2.90. The number of aryl methyl sites for hydroxylation is 1. The standard InChI is InChI=1S/C18H22N4O2/c1-12-14(11-20-17(22-12)15-7-5-9-19-15)18(23)21-10-13-6-3-4-8-16(13)24-2/h3-4,6,8,11,15,19H,5,7,9-10H2,1-2H3,(H,21,23). The van der Waals surface area contributed by atoms with Gasteiger partial charge >= 0.3 is 0 Å². The van der Waals surface area contributed by atoms with Crippen molar-refractivity contribution in [1.29, 1.82) is 0 Å². The third-order valence-corrected chi connectivity index (χ3v) is 4.25. The van der Waals surface area contributed by atoms with Crippen LogP contribution in [0.1, 0.15) is 46.3 Å². The van der Waals surface area contributed by atoms with Crippen LogP contribution in [0.5, 0.6) is 5.75 Å². The molecule has 2 N–H and O–H groups in total. The number of rotatable bonds is 5. The molecule has 2 aromatic rings. The lowest BCUT2D eigenvalue weighted by Crippen LogP contribution is -2.25. The number of amides is 1. The Morgan fingerprint density at radius 3 is 2.96 bits per heavy atom. The molecule has 3 rings (SSSR count). The Balaban J connectivity index is 1.68. The van der Waals surface area contributed by atoms with E-state index in [9.17, 15) is 4.79 Å². The van der Waals surface area contributed by atoms with E-state index in [1.165, 1.54) is 0 Å². The third kappa shape index (κ3) is 3.54. The van der Waals surface area contributed by atoms with E-state index >= 15 is 0 Å². The van der Waals surface area contributed by atoms with Gasteiger partial charge in [-0.25, -0.2) is 9.97 Å². The van der Waals surface area contributed by atoms with Crippen LogP contribution in [0.25, 0.3) is 0 Å². The van der Waals surface area contributed by atoms with Crippen molar-refractivity contribution in [1.82, 2.24) is 20.6 Å². The second kappa shape index (κ2) is 7.40. The largest absolute Gasteiger partial charge is 0.496 e. The summed E-state index contributed by atoms with van der Waals surface area (Å²) in [5.74, 6) is 1.35. The lowest BCUT2D eigenvalue weighted by Gasteiger charge is -2.12. The van der Waals surface area contributed by atoms with Gasteiger partial charge < -0.3 is 15.4 Å². The Bertz CT molecular complexity index is 727. The fraction of sp³-hybridized carbons (Fsp3) is 0.389. The Morgan fingerprint density at radius 2 is 2.25 bits per heavy atom. The van der Waals surface area contributed by atoms with Gasteiger partial charge in [-0.3, -0.25) is 4.79 Å². The Morgan fingerprint density at radius 1 is 1.42 bits per heavy atom. The SMILES string of the molecule is COc1ccccc1CNC(=O)c1cnc(C2CCCN2)nc1C. The number of aromatic nitrogens is 2. The molecule has 0 aliphatic carbocycles. The molecule has 1 aromatic carbocycles. The van der Waals surface area contributed by atoms with Gasteiger partial charge in [0.25, 0.3) is 5.91 Å². The van der Waals surface area contributed by atoms with Gasteiger partial charge in [-0.1, -0.05) is 18.2 Å². The maximum atomic E-state index is 12.4. The maximum Gasteiger partial charge on any atom is 0.254 e. The monoisotopic (exact) mass is 326 g/mol. The topological polar surface area (TPSA) is 76.1 Å². The van der Waals surface area contributed by atoms with Crippen LogP contribution < -0.4 is 15.4 Å². The molecule has 24 heavy (non-hydrogen) atoms.